The molecule has 39 heteroatoms. The number of hydrogen-bond donors (Lipinski definition) is 18. The van der Waals surface area contributed by atoms with E-state index in [9.17, 15) is 97.5 Å². The zero-order valence-corrected chi connectivity index (χ0v) is 56.7. The van der Waals surface area contributed by atoms with Gasteiger partial charge in [-0.3, -0.25) is 71.9 Å². The third-order valence-corrected chi connectivity index (χ3v) is 20.1. The van der Waals surface area contributed by atoms with Gasteiger partial charge in [-0.2, -0.15) is 0 Å². The number of nitrogens with two attached hydrogens (primary N) is 1. The number of aromatic hydroxyl groups is 2. The Bertz CT molecular complexity index is 3280. The van der Waals surface area contributed by atoms with Crippen LogP contribution in [0.5, 0.6) is 11.5 Å². The highest BCUT2D eigenvalue weighted by atomic mass is 33.1. The first kappa shape index (κ1) is 79.6. The number of benzene rings is 2. The van der Waals surface area contributed by atoms with Crippen molar-refractivity contribution in [3.05, 3.63) is 59.7 Å². The largest absolute Gasteiger partial charge is 0.508 e. The highest BCUT2D eigenvalue weighted by Gasteiger charge is 2.41. The molecule has 2 bridgehead atoms. The van der Waals surface area contributed by atoms with Gasteiger partial charge in [0.1, 0.15) is 84.0 Å². The van der Waals surface area contributed by atoms with Crippen molar-refractivity contribution in [1.29, 1.82) is 0 Å². The standard InChI is InChI=1S/C59H80N14O21S4/c1-5-35-51(85)61-22-44(76)65-40(54(88)70-39(59(93)94)20-31-10-14-33(75)15-11-31)24-97-98-26-42-56(90)72-41(55(89)69-38(21-46(79)80)58(92)73-18-6-7-43(73)57(91)64-27(2)47(81)62-28(3)48(82)66-35)25-96-95-23-34(60)50(84)63-29(4)49(83)67-36(16-17-45(77)78)52(86)68-37(53(87)71-42)19-30-8-12-32(74)13-9-30/h8-15,27-29,34-43,74-75H,5-7,16-26,60H2,1-4H3,(H,61,85)(H,62,81)(H,63,84)(H,64,91)(H,65,76)(H,66,82)(H,67,83)(H,68,86)(H,69,89)(H,70,88)(H,71,87)(H,72,90)(H,77,78)(H,79,80)(H,93,94)/t27?,28-,29-,34?,35?,36?,37-,38-,39-,40?,41?,42?,43?/m0/s1. The van der Waals surface area contributed by atoms with E-state index in [1.165, 1.54) is 76.2 Å². The van der Waals surface area contributed by atoms with Crippen LogP contribution >= 0.6 is 43.2 Å². The van der Waals surface area contributed by atoms with Gasteiger partial charge in [0.05, 0.1) is 19.0 Å². The Morgan fingerprint density at radius 1 is 0.551 bits per heavy atom. The minimum absolute atomic E-state index is 0.00525. The minimum atomic E-state index is -1.96. The Morgan fingerprint density at radius 2 is 1.04 bits per heavy atom. The number of carboxylic acid groups (broad SMARTS) is 3. The summed E-state index contributed by atoms with van der Waals surface area (Å²) < 4.78 is 0. The van der Waals surface area contributed by atoms with Crippen LogP contribution in [0.15, 0.2) is 48.5 Å². The van der Waals surface area contributed by atoms with Gasteiger partial charge in [0, 0.05) is 48.8 Å². The molecule has 2 aromatic rings. The first-order valence-corrected chi connectivity index (χ1v) is 35.7. The van der Waals surface area contributed by atoms with E-state index in [2.05, 4.69) is 63.8 Å². The molecule has 8 unspecified atom stereocenters. The van der Waals surface area contributed by atoms with E-state index in [4.69, 9.17) is 5.73 Å². The second kappa shape index (κ2) is 38.8. The lowest BCUT2D eigenvalue weighted by atomic mass is 10.0. The summed E-state index contributed by atoms with van der Waals surface area (Å²) >= 11 is 0. The van der Waals surface area contributed by atoms with Crippen LogP contribution in [-0.4, -0.2) is 240 Å². The van der Waals surface area contributed by atoms with Crippen molar-refractivity contribution >= 4 is 138 Å². The highest BCUT2D eigenvalue weighted by molar-refractivity contribution is 8.77. The summed E-state index contributed by atoms with van der Waals surface area (Å²) in [6, 6.07) is -10.00. The molecular formula is C59H80N14O21S4. The molecule has 0 saturated carbocycles. The maximum atomic E-state index is 15.0. The number of nitrogens with one attached hydrogen (secondary N) is 12. The Labute approximate surface area is 576 Å². The number of amides is 13. The monoisotopic (exact) mass is 1450 g/mol. The fourth-order valence-electron chi connectivity index (χ4n) is 9.66. The van der Waals surface area contributed by atoms with Gasteiger partial charge < -0.3 is 100.0 Å². The van der Waals surface area contributed by atoms with Crippen molar-refractivity contribution in [3.8, 4) is 11.5 Å². The summed E-state index contributed by atoms with van der Waals surface area (Å²) in [5.41, 5.74) is 6.83. The predicted molar refractivity (Wildman–Crippen MR) is 354 cm³/mol. The fourth-order valence-corrected chi connectivity index (χ4v) is 14.3. The zero-order chi connectivity index (χ0) is 72.5. The van der Waals surface area contributed by atoms with Gasteiger partial charge in [0.25, 0.3) is 0 Å². The second-order valence-electron chi connectivity index (χ2n) is 22.9. The number of phenols is 2. The van der Waals surface area contributed by atoms with Gasteiger partial charge in [0.15, 0.2) is 0 Å². The summed E-state index contributed by atoms with van der Waals surface area (Å²) in [5.74, 6) is -20.0. The summed E-state index contributed by atoms with van der Waals surface area (Å²) in [6.45, 7) is 4.28. The molecule has 3 aliphatic rings. The lowest BCUT2D eigenvalue weighted by Gasteiger charge is -2.30. The van der Waals surface area contributed by atoms with Crippen LogP contribution in [0.4, 0.5) is 0 Å². The van der Waals surface area contributed by atoms with Crippen LogP contribution in [0.1, 0.15) is 77.3 Å². The lowest BCUT2D eigenvalue weighted by molar-refractivity contribution is -0.146. The number of fused-ring (bicyclic) bond motifs is 4. The summed E-state index contributed by atoms with van der Waals surface area (Å²) in [6.07, 6.45) is -3.02. The Balaban J connectivity index is 1.63. The van der Waals surface area contributed by atoms with E-state index in [1.54, 1.807) is 0 Å². The maximum absolute atomic E-state index is 15.0. The smallest absolute Gasteiger partial charge is 0.326 e. The molecule has 3 aliphatic heterocycles. The summed E-state index contributed by atoms with van der Waals surface area (Å²) in [5, 5.41) is 79.1. The molecule has 35 nitrogen and oxygen atoms in total. The number of carbonyl (C=O) groups excluding carboxylic acids is 13. The molecule has 0 radical (unpaired) electrons. The van der Waals surface area contributed by atoms with Crippen LogP contribution in [0, 0.1) is 0 Å². The molecule has 13 amide bonds. The van der Waals surface area contributed by atoms with E-state index >= 15 is 4.79 Å². The van der Waals surface area contributed by atoms with Gasteiger partial charge >= 0.3 is 17.9 Å². The van der Waals surface area contributed by atoms with Crippen molar-refractivity contribution in [2.24, 2.45) is 5.73 Å². The topological polar surface area (TPSA) is 548 Å². The zero-order valence-electron chi connectivity index (χ0n) is 53.4. The van der Waals surface area contributed by atoms with E-state index in [-0.39, 0.29) is 55.0 Å². The van der Waals surface area contributed by atoms with E-state index in [0.29, 0.717) is 5.56 Å². The lowest BCUT2D eigenvalue weighted by Crippen LogP contribution is -2.61. The number of carboxylic acids is 3. The van der Waals surface area contributed by atoms with Crippen LogP contribution in [-0.2, 0) is 89.6 Å². The van der Waals surface area contributed by atoms with Crippen LogP contribution in [0.2, 0.25) is 0 Å². The third kappa shape index (κ3) is 25.4. The Kier molecular flexibility index (Phi) is 31.5. The average Bonchev–Trinajstić information content (AvgIpc) is 1.62. The predicted octanol–water partition coefficient (Wildman–Crippen LogP) is -4.67. The van der Waals surface area contributed by atoms with Crippen LogP contribution < -0.4 is 69.5 Å². The number of hydrogen-bond acceptors (Lipinski definition) is 23. The van der Waals surface area contributed by atoms with Crippen molar-refractivity contribution in [3.63, 3.8) is 0 Å². The molecule has 13 atom stereocenters. The molecular weight excluding hydrogens is 1370 g/mol. The number of rotatable bonds is 13. The molecule has 0 aliphatic carbocycles. The normalized spacial score (nSPS) is 26.8. The summed E-state index contributed by atoms with van der Waals surface area (Å²) in [4.78, 5) is 221. The number of phenolic OH excluding ortho intramolecular Hbond substituents is 2. The van der Waals surface area contributed by atoms with E-state index < -0.39 is 223 Å². The third-order valence-electron chi connectivity index (χ3n) is 15.2. The van der Waals surface area contributed by atoms with Gasteiger partial charge in [-0.1, -0.05) is 74.4 Å². The molecule has 0 aromatic heterocycles. The first-order valence-electron chi connectivity index (χ1n) is 30.7. The van der Waals surface area contributed by atoms with Crippen molar-refractivity contribution in [1.82, 2.24) is 68.7 Å². The molecule has 2 aromatic carbocycles. The molecule has 3 heterocycles. The highest BCUT2D eigenvalue weighted by Crippen LogP contribution is 2.26. The average molecular weight is 1450 g/mol. The number of aliphatic carboxylic acids is 3. The Morgan fingerprint density at radius 3 is 1.61 bits per heavy atom. The van der Waals surface area contributed by atoms with Crippen LogP contribution in [0.3, 0.4) is 0 Å². The quantitative estimate of drug-likeness (QED) is 0.0839. The van der Waals surface area contributed by atoms with Crippen molar-refractivity contribution < 1.29 is 102 Å². The van der Waals surface area contributed by atoms with Gasteiger partial charge in [-0.15, -0.1) is 0 Å². The molecule has 19 N–H and O–H groups in total. The molecule has 5 rings (SSSR count). The van der Waals surface area contributed by atoms with Crippen molar-refractivity contribution in [2.75, 3.05) is 36.1 Å². The van der Waals surface area contributed by atoms with Crippen molar-refractivity contribution in [2.45, 2.75) is 158 Å². The fraction of sp³-hybridized carbons (Fsp3) is 0.525. The van der Waals surface area contributed by atoms with E-state index in [0.717, 1.165) is 48.1 Å². The SMILES string of the molecule is CCC1NC(=O)[C@H](C)NC(=O)C(C)NC(=O)C2CCCN2C(=O)[C@H](CC(=O)O)NC(=O)C2CSSCC(N)C(=O)N[C@@H](C)C(=O)NC(CCC(=O)O)C(=O)N[C@@H](Cc3ccc(O)cc3)C(=O)NC(CSSCC(C(=O)N[C@@H](Cc3ccc(O)cc3)C(=O)O)NC(=O)CNC1=O)C(=O)N2. The number of carbonyl (C=O) groups is 16. The molecule has 0 spiro atoms. The van der Waals surface area contributed by atoms with Gasteiger partial charge in [-0.25, -0.2) is 4.79 Å². The minimum Gasteiger partial charge on any atom is -0.508 e. The van der Waals surface area contributed by atoms with Gasteiger partial charge in [-0.05, 0) is 81.8 Å². The first-order chi connectivity index (χ1) is 46.3. The van der Waals surface area contributed by atoms with Gasteiger partial charge in [0.2, 0.25) is 76.8 Å². The Hall–Kier alpha value is -9.08. The summed E-state index contributed by atoms with van der Waals surface area (Å²) in [7, 11) is 3.20. The molecule has 536 valence electrons. The van der Waals surface area contributed by atoms with E-state index in [1.807, 2.05) is 0 Å². The van der Waals surface area contributed by atoms with Crippen LogP contribution in [0.25, 0.3) is 0 Å². The second-order valence-corrected chi connectivity index (χ2v) is 28.0. The molecule has 3 fully saturated rings. The maximum Gasteiger partial charge on any atom is 0.326 e. The number of nitrogens with zero attached hydrogens (tertiary/aromatic N) is 1. The molecule has 98 heavy (non-hydrogen) atoms. The molecule has 3 saturated heterocycles.